The normalized spacial score (nSPS) is 22.0. The Bertz CT molecular complexity index is 518. The lowest BCUT2D eigenvalue weighted by molar-refractivity contribution is -0.157. The highest BCUT2D eigenvalue weighted by Crippen LogP contribution is 2.36. The van der Waals surface area contributed by atoms with E-state index in [1.165, 1.54) is 12.1 Å². The van der Waals surface area contributed by atoms with Crippen LogP contribution >= 0.6 is 0 Å². The minimum atomic E-state index is -4.43. The second-order valence-corrected chi connectivity index (χ2v) is 4.95. The zero-order valence-electron chi connectivity index (χ0n) is 11.4. The topological polar surface area (TPSA) is 49.8 Å². The van der Waals surface area contributed by atoms with Crippen LogP contribution in [0.25, 0.3) is 0 Å². The maximum absolute atomic E-state index is 13.0. The molecule has 1 aliphatic heterocycles. The third-order valence-electron chi connectivity index (χ3n) is 3.64. The van der Waals surface area contributed by atoms with Crippen molar-refractivity contribution in [2.24, 2.45) is 0 Å². The van der Waals surface area contributed by atoms with E-state index in [-0.39, 0.29) is 18.7 Å². The van der Waals surface area contributed by atoms with Crippen LogP contribution < -0.4 is 0 Å². The number of halogens is 3. The Morgan fingerprint density at radius 3 is 2.71 bits per heavy atom. The summed E-state index contributed by atoms with van der Waals surface area (Å²) in [6.07, 6.45) is -5.43. The summed E-state index contributed by atoms with van der Waals surface area (Å²) in [7, 11) is 0. The highest BCUT2D eigenvalue weighted by atomic mass is 19.4. The molecular weight excluding hydrogens is 287 g/mol. The van der Waals surface area contributed by atoms with Crippen molar-refractivity contribution in [1.82, 2.24) is 4.90 Å². The van der Waals surface area contributed by atoms with E-state index in [2.05, 4.69) is 0 Å². The van der Waals surface area contributed by atoms with Crippen LogP contribution in [0.1, 0.15) is 24.1 Å². The maximum Gasteiger partial charge on any atom is 0.416 e. The molecule has 1 heterocycles. The standard InChI is InChI=1S/C14H16F3NO3/c1-9(18-6-7-21-12(8-18)13(19)20)10-4-2-3-5-11(10)14(15,16)17/h2-5,9,12H,6-8H2,1H3,(H,19,20). The number of morpholine rings is 1. The van der Waals surface area contributed by atoms with E-state index in [0.717, 1.165) is 6.07 Å². The molecule has 0 spiro atoms. The SMILES string of the molecule is CC(c1ccccc1C(F)(F)F)N1CCOC(C(=O)O)C1. The predicted molar refractivity (Wildman–Crippen MR) is 68.8 cm³/mol. The molecule has 2 atom stereocenters. The number of carboxylic acids is 1. The molecule has 0 bridgehead atoms. The average Bonchev–Trinajstić information content (AvgIpc) is 2.45. The summed E-state index contributed by atoms with van der Waals surface area (Å²) in [5.41, 5.74) is -0.535. The molecule has 0 aromatic heterocycles. The summed E-state index contributed by atoms with van der Waals surface area (Å²) >= 11 is 0. The van der Waals surface area contributed by atoms with Gasteiger partial charge >= 0.3 is 12.1 Å². The van der Waals surface area contributed by atoms with Crippen LogP contribution in [0, 0.1) is 0 Å². The van der Waals surface area contributed by atoms with Crippen molar-refractivity contribution in [3.8, 4) is 0 Å². The van der Waals surface area contributed by atoms with Crippen LogP contribution in [0.2, 0.25) is 0 Å². The van der Waals surface area contributed by atoms with E-state index in [4.69, 9.17) is 9.84 Å². The second kappa shape index (κ2) is 6.03. The number of aliphatic carboxylic acids is 1. The first-order valence-electron chi connectivity index (χ1n) is 6.55. The highest BCUT2D eigenvalue weighted by molar-refractivity contribution is 5.72. The van der Waals surface area contributed by atoms with Gasteiger partial charge in [-0.1, -0.05) is 18.2 Å². The third kappa shape index (κ3) is 3.54. The minimum Gasteiger partial charge on any atom is -0.479 e. The quantitative estimate of drug-likeness (QED) is 0.932. The Morgan fingerprint density at radius 2 is 2.10 bits per heavy atom. The van der Waals surface area contributed by atoms with Gasteiger partial charge in [0.25, 0.3) is 0 Å². The van der Waals surface area contributed by atoms with Gasteiger partial charge in [-0.25, -0.2) is 4.79 Å². The number of benzene rings is 1. The van der Waals surface area contributed by atoms with Gasteiger partial charge in [0.1, 0.15) is 0 Å². The zero-order chi connectivity index (χ0) is 15.6. The Balaban J connectivity index is 2.24. The van der Waals surface area contributed by atoms with Gasteiger partial charge in [0.15, 0.2) is 6.10 Å². The Hall–Kier alpha value is -1.60. The summed E-state index contributed by atoms with van der Waals surface area (Å²) in [6.45, 7) is 2.31. The fourth-order valence-electron chi connectivity index (χ4n) is 2.49. The van der Waals surface area contributed by atoms with Crippen molar-refractivity contribution < 1.29 is 27.8 Å². The van der Waals surface area contributed by atoms with Crippen LogP contribution in [0.5, 0.6) is 0 Å². The molecule has 1 saturated heterocycles. The van der Waals surface area contributed by atoms with Crippen molar-refractivity contribution in [1.29, 1.82) is 0 Å². The van der Waals surface area contributed by atoms with Gasteiger partial charge in [0.2, 0.25) is 0 Å². The number of ether oxygens (including phenoxy) is 1. The van der Waals surface area contributed by atoms with Crippen molar-refractivity contribution in [3.63, 3.8) is 0 Å². The van der Waals surface area contributed by atoms with Crippen LogP contribution in [-0.4, -0.2) is 41.8 Å². The average molecular weight is 303 g/mol. The molecule has 4 nitrogen and oxygen atoms in total. The molecule has 1 aromatic rings. The lowest BCUT2D eigenvalue weighted by Crippen LogP contribution is -2.47. The first kappa shape index (κ1) is 15.8. The van der Waals surface area contributed by atoms with E-state index >= 15 is 0 Å². The van der Waals surface area contributed by atoms with Crippen molar-refractivity contribution in [3.05, 3.63) is 35.4 Å². The number of hydrogen-bond acceptors (Lipinski definition) is 3. The number of carboxylic acid groups (broad SMARTS) is 1. The second-order valence-electron chi connectivity index (χ2n) is 4.95. The third-order valence-corrected chi connectivity index (χ3v) is 3.64. The van der Waals surface area contributed by atoms with E-state index in [9.17, 15) is 18.0 Å². The molecule has 21 heavy (non-hydrogen) atoms. The smallest absolute Gasteiger partial charge is 0.416 e. The molecule has 2 unspecified atom stereocenters. The lowest BCUT2D eigenvalue weighted by Gasteiger charge is -2.36. The van der Waals surface area contributed by atoms with Crippen LogP contribution in [0.3, 0.4) is 0 Å². The minimum absolute atomic E-state index is 0.0721. The molecule has 7 heteroatoms. The van der Waals surface area contributed by atoms with E-state index in [1.807, 2.05) is 0 Å². The van der Waals surface area contributed by atoms with Crippen LogP contribution in [-0.2, 0) is 15.7 Å². The molecule has 0 aliphatic carbocycles. The molecule has 1 fully saturated rings. The van der Waals surface area contributed by atoms with Gasteiger partial charge in [-0.3, -0.25) is 4.90 Å². The molecular formula is C14H16F3NO3. The fraction of sp³-hybridized carbons (Fsp3) is 0.500. The lowest BCUT2D eigenvalue weighted by atomic mass is 9.99. The van der Waals surface area contributed by atoms with Crippen molar-refractivity contribution in [2.45, 2.75) is 25.2 Å². The molecule has 0 saturated carbocycles. The van der Waals surface area contributed by atoms with E-state index in [1.54, 1.807) is 17.9 Å². The van der Waals surface area contributed by atoms with Crippen molar-refractivity contribution in [2.75, 3.05) is 19.7 Å². The molecule has 116 valence electrons. The molecule has 1 aliphatic rings. The molecule has 0 amide bonds. The summed E-state index contributed by atoms with van der Waals surface area (Å²) in [4.78, 5) is 12.7. The zero-order valence-corrected chi connectivity index (χ0v) is 11.4. The number of nitrogens with zero attached hydrogens (tertiary/aromatic N) is 1. The van der Waals surface area contributed by atoms with Gasteiger partial charge in [-0.2, -0.15) is 13.2 Å². The number of rotatable bonds is 3. The Morgan fingerprint density at radius 1 is 1.43 bits per heavy atom. The summed E-state index contributed by atoms with van der Waals surface area (Å²) in [5.74, 6) is -1.10. The maximum atomic E-state index is 13.0. The van der Waals surface area contributed by atoms with E-state index in [0.29, 0.717) is 6.54 Å². The highest BCUT2D eigenvalue weighted by Gasteiger charge is 2.36. The summed E-state index contributed by atoms with van der Waals surface area (Å²) < 4.78 is 44.2. The monoisotopic (exact) mass is 303 g/mol. The van der Waals surface area contributed by atoms with Crippen LogP contribution in [0.4, 0.5) is 13.2 Å². The Labute approximate surface area is 120 Å². The molecule has 1 aromatic carbocycles. The fourth-order valence-corrected chi connectivity index (χ4v) is 2.49. The number of hydrogen-bond donors (Lipinski definition) is 1. The van der Waals surface area contributed by atoms with Gasteiger partial charge in [0, 0.05) is 19.1 Å². The van der Waals surface area contributed by atoms with Gasteiger partial charge < -0.3 is 9.84 Å². The summed E-state index contributed by atoms with van der Waals surface area (Å²) in [6, 6.07) is 4.84. The molecule has 1 N–H and O–H groups in total. The first-order chi connectivity index (χ1) is 9.80. The summed E-state index contributed by atoms with van der Waals surface area (Å²) in [5, 5.41) is 8.96. The number of alkyl halides is 3. The number of carbonyl (C=O) groups is 1. The predicted octanol–water partition coefficient (Wildman–Crippen LogP) is 2.55. The van der Waals surface area contributed by atoms with Gasteiger partial charge in [-0.15, -0.1) is 0 Å². The molecule has 2 rings (SSSR count). The van der Waals surface area contributed by atoms with E-state index < -0.39 is 29.9 Å². The first-order valence-corrected chi connectivity index (χ1v) is 6.55. The largest absolute Gasteiger partial charge is 0.479 e. The van der Waals surface area contributed by atoms with Gasteiger partial charge in [0.05, 0.1) is 12.2 Å². The van der Waals surface area contributed by atoms with Crippen molar-refractivity contribution >= 4 is 5.97 Å². The molecule has 0 radical (unpaired) electrons. The Kier molecular flexibility index (Phi) is 4.53. The van der Waals surface area contributed by atoms with Gasteiger partial charge in [-0.05, 0) is 18.6 Å². The van der Waals surface area contributed by atoms with Crippen LogP contribution in [0.15, 0.2) is 24.3 Å².